The normalized spacial score (nSPS) is 29.2. The lowest BCUT2D eigenvalue weighted by molar-refractivity contribution is -0.138. The Morgan fingerprint density at radius 1 is 1.29 bits per heavy atom. The van der Waals surface area contributed by atoms with Gasteiger partial charge in [-0.1, -0.05) is 0 Å². The van der Waals surface area contributed by atoms with Crippen LogP contribution in [0.25, 0.3) is 0 Å². The number of rotatable bonds is 2. The molecular weight excluding hydrogens is 285 g/mol. The molecule has 2 unspecified atom stereocenters. The molecule has 2 saturated heterocycles. The fourth-order valence-electron chi connectivity index (χ4n) is 3.08. The summed E-state index contributed by atoms with van der Waals surface area (Å²) in [5, 5.41) is 3.31. The van der Waals surface area contributed by atoms with Gasteiger partial charge in [-0.2, -0.15) is 13.2 Å². The topological polar surface area (TPSA) is 51.2 Å². The summed E-state index contributed by atoms with van der Waals surface area (Å²) in [5.74, 6) is -0.942. The molecule has 0 aromatic carbocycles. The number of hydrogen-bond donors (Lipinski definition) is 1. The highest BCUT2D eigenvalue weighted by molar-refractivity contribution is 5.97. The Hall–Kier alpha value is -1.47. The predicted octanol–water partition coefficient (Wildman–Crippen LogP) is 2.05. The van der Waals surface area contributed by atoms with Gasteiger partial charge in [0, 0.05) is 24.2 Å². The van der Waals surface area contributed by atoms with Crippen LogP contribution in [0.3, 0.4) is 0 Å². The van der Waals surface area contributed by atoms with E-state index in [2.05, 4.69) is 10.3 Å². The van der Waals surface area contributed by atoms with Crippen molar-refractivity contribution in [2.75, 3.05) is 13.2 Å². The lowest BCUT2D eigenvalue weighted by Crippen LogP contribution is -2.55. The molecule has 0 spiro atoms. The minimum Gasteiger partial charge on any atom is -0.378 e. The standard InChI is InChI=1S/C14H15F3N2O2/c15-14(16,17)11-2-1-3-18-12(11)13(20)8-4-9-6-21-7-10(5-8)19-9/h1-3,8-10,19H,4-7H2. The Kier molecular flexibility index (Phi) is 3.71. The lowest BCUT2D eigenvalue weighted by atomic mass is 9.82. The zero-order valence-electron chi connectivity index (χ0n) is 11.2. The van der Waals surface area contributed by atoms with Crippen LogP contribution in [0.2, 0.25) is 0 Å². The van der Waals surface area contributed by atoms with Crippen LogP contribution >= 0.6 is 0 Å². The van der Waals surface area contributed by atoms with E-state index >= 15 is 0 Å². The molecule has 2 atom stereocenters. The van der Waals surface area contributed by atoms with Crippen molar-refractivity contribution in [3.8, 4) is 0 Å². The van der Waals surface area contributed by atoms with Gasteiger partial charge in [0.25, 0.3) is 0 Å². The van der Waals surface area contributed by atoms with Crippen molar-refractivity contribution in [2.24, 2.45) is 5.92 Å². The summed E-state index contributed by atoms with van der Waals surface area (Å²) >= 11 is 0. The van der Waals surface area contributed by atoms with Gasteiger partial charge in [0.15, 0.2) is 5.78 Å². The first-order chi connectivity index (χ1) is 9.95. The number of carbonyl (C=O) groups excluding carboxylic acids is 1. The van der Waals surface area contributed by atoms with Crippen molar-refractivity contribution in [2.45, 2.75) is 31.1 Å². The number of ketones is 1. The van der Waals surface area contributed by atoms with Crippen LogP contribution in [0.1, 0.15) is 28.9 Å². The largest absolute Gasteiger partial charge is 0.418 e. The molecule has 4 nitrogen and oxygen atoms in total. The molecule has 0 amide bonds. The highest BCUT2D eigenvalue weighted by Gasteiger charge is 2.40. The van der Waals surface area contributed by atoms with E-state index in [1.807, 2.05) is 0 Å². The number of hydrogen-bond acceptors (Lipinski definition) is 4. The number of carbonyl (C=O) groups is 1. The second kappa shape index (κ2) is 5.38. The molecule has 1 N–H and O–H groups in total. The molecule has 114 valence electrons. The Morgan fingerprint density at radius 3 is 2.57 bits per heavy atom. The molecule has 21 heavy (non-hydrogen) atoms. The molecule has 0 aliphatic carbocycles. The molecule has 0 saturated carbocycles. The third-order valence-electron chi connectivity index (χ3n) is 3.96. The van der Waals surface area contributed by atoms with Crippen LogP contribution in [-0.4, -0.2) is 36.1 Å². The molecule has 2 aliphatic heterocycles. The number of nitrogens with zero attached hydrogens (tertiary/aromatic N) is 1. The minimum atomic E-state index is -4.56. The number of aromatic nitrogens is 1. The van der Waals surface area contributed by atoms with Crippen molar-refractivity contribution < 1.29 is 22.7 Å². The van der Waals surface area contributed by atoms with Gasteiger partial charge in [0.1, 0.15) is 5.69 Å². The number of nitrogens with one attached hydrogen (secondary N) is 1. The van der Waals surface area contributed by atoms with Crippen molar-refractivity contribution in [3.63, 3.8) is 0 Å². The van der Waals surface area contributed by atoms with Crippen molar-refractivity contribution >= 4 is 5.78 Å². The van der Waals surface area contributed by atoms with E-state index in [0.717, 1.165) is 6.07 Å². The van der Waals surface area contributed by atoms with Crippen LogP contribution in [0.5, 0.6) is 0 Å². The smallest absolute Gasteiger partial charge is 0.378 e. The van der Waals surface area contributed by atoms with Crippen LogP contribution in [0.15, 0.2) is 18.3 Å². The first kappa shape index (κ1) is 14.5. The van der Waals surface area contributed by atoms with Crippen molar-refractivity contribution in [3.05, 3.63) is 29.6 Å². The summed E-state index contributed by atoms with van der Waals surface area (Å²) in [6.07, 6.45) is -2.36. The summed E-state index contributed by atoms with van der Waals surface area (Å²) in [6, 6.07) is 2.17. The Bertz CT molecular complexity index is 535. The fraction of sp³-hybridized carbons (Fsp3) is 0.571. The van der Waals surface area contributed by atoms with Gasteiger partial charge in [-0.3, -0.25) is 9.78 Å². The van der Waals surface area contributed by atoms with Crippen LogP contribution in [-0.2, 0) is 10.9 Å². The highest BCUT2D eigenvalue weighted by Crippen LogP contribution is 2.34. The number of halogens is 3. The molecule has 2 bridgehead atoms. The Balaban J connectivity index is 1.86. The zero-order valence-corrected chi connectivity index (χ0v) is 11.2. The van der Waals surface area contributed by atoms with Gasteiger partial charge in [-0.25, -0.2) is 0 Å². The quantitative estimate of drug-likeness (QED) is 0.849. The molecule has 1 aromatic rings. The van der Waals surface area contributed by atoms with Gasteiger partial charge in [-0.05, 0) is 25.0 Å². The first-order valence-electron chi connectivity index (χ1n) is 6.85. The number of Topliss-reactive ketones (excluding diaryl/α,β-unsaturated/α-hetero) is 1. The summed E-state index contributed by atoms with van der Waals surface area (Å²) in [5.41, 5.74) is -1.41. The summed E-state index contributed by atoms with van der Waals surface area (Å²) in [7, 11) is 0. The molecular formula is C14H15F3N2O2. The number of alkyl halides is 3. The summed E-state index contributed by atoms with van der Waals surface area (Å²) in [4.78, 5) is 16.2. The Morgan fingerprint density at radius 2 is 1.95 bits per heavy atom. The van der Waals surface area contributed by atoms with E-state index in [4.69, 9.17) is 4.74 Å². The molecule has 7 heteroatoms. The van der Waals surface area contributed by atoms with Gasteiger partial charge in [0.2, 0.25) is 0 Å². The number of fused-ring (bicyclic) bond motifs is 2. The average molecular weight is 300 g/mol. The van der Waals surface area contributed by atoms with E-state index < -0.39 is 29.1 Å². The SMILES string of the molecule is O=C(c1ncccc1C(F)(F)F)C1CC2COCC(C1)N2. The van der Waals surface area contributed by atoms with E-state index in [1.165, 1.54) is 12.3 Å². The number of pyridine rings is 1. The number of ether oxygens (including phenoxy) is 1. The minimum absolute atomic E-state index is 0.0319. The van der Waals surface area contributed by atoms with Gasteiger partial charge in [-0.15, -0.1) is 0 Å². The second-order valence-electron chi connectivity index (χ2n) is 5.53. The van der Waals surface area contributed by atoms with Crippen LogP contribution in [0.4, 0.5) is 13.2 Å². The number of morpholine rings is 1. The maximum absolute atomic E-state index is 13.0. The van der Waals surface area contributed by atoms with Crippen molar-refractivity contribution in [1.82, 2.24) is 10.3 Å². The number of piperidine rings is 1. The maximum atomic E-state index is 13.0. The predicted molar refractivity (Wildman–Crippen MR) is 67.8 cm³/mol. The molecule has 2 aliphatic rings. The average Bonchev–Trinajstić information content (AvgIpc) is 2.45. The van der Waals surface area contributed by atoms with E-state index in [-0.39, 0.29) is 12.1 Å². The van der Waals surface area contributed by atoms with Crippen LogP contribution in [0, 0.1) is 5.92 Å². The molecule has 3 heterocycles. The van der Waals surface area contributed by atoms with Gasteiger partial charge in [0.05, 0.1) is 18.8 Å². The third-order valence-corrected chi connectivity index (χ3v) is 3.96. The fourth-order valence-corrected chi connectivity index (χ4v) is 3.08. The molecule has 0 radical (unpaired) electrons. The zero-order chi connectivity index (χ0) is 15.0. The second-order valence-corrected chi connectivity index (χ2v) is 5.53. The van der Waals surface area contributed by atoms with Gasteiger partial charge >= 0.3 is 6.18 Å². The summed E-state index contributed by atoms with van der Waals surface area (Å²) < 4.78 is 44.3. The van der Waals surface area contributed by atoms with Gasteiger partial charge < -0.3 is 10.1 Å². The van der Waals surface area contributed by atoms with Crippen molar-refractivity contribution in [1.29, 1.82) is 0 Å². The maximum Gasteiger partial charge on any atom is 0.418 e. The third kappa shape index (κ3) is 2.94. The van der Waals surface area contributed by atoms with E-state index in [9.17, 15) is 18.0 Å². The van der Waals surface area contributed by atoms with Crippen LogP contribution < -0.4 is 5.32 Å². The van der Waals surface area contributed by atoms with E-state index in [0.29, 0.717) is 26.1 Å². The highest BCUT2D eigenvalue weighted by atomic mass is 19.4. The summed E-state index contributed by atoms with van der Waals surface area (Å²) in [6.45, 7) is 0.989. The van der Waals surface area contributed by atoms with E-state index in [1.54, 1.807) is 0 Å². The monoisotopic (exact) mass is 300 g/mol. The molecule has 3 rings (SSSR count). The Labute approximate surface area is 119 Å². The lowest BCUT2D eigenvalue weighted by Gasteiger charge is -2.39. The first-order valence-corrected chi connectivity index (χ1v) is 6.85. The molecule has 1 aromatic heterocycles. The molecule has 2 fully saturated rings.